The maximum Gasteiger partial charge on any atom is 0.166 e. The Kier molecular flexibility index (Phi) is 4.28. The predicted molar refractivity (Wildman–Crippen MR) is 102 cm³/mol. The summed E-state index contributed by atoms with van der Waals surface area (Å²) in [4.78, 5) is 1.97. The van der Waals surface area contributed by atoms with E-state index in [4.69, 9.17) is 11.6 Å². The molecule has 0 atom stereocenters. The van der Waals surface area contributed by atoms with Crippen LogP contribution in [-0.4, -0.2) is 24.1 Å². The first-order valence-electron chi connectivity index (χ1n) is 8.18. The molecule has 0 amide bonds. The average Bonchev–Trinajstić information content (AvgIpc) is 3.31. The average molecular weight is 390 g/mol. The summed E-state index contributed by atoms with van der Waals surface area (Å²) in [6.07, 6.45) is 7.39. The molecule has 0 saturated carbocycles. The Labute approximate surface area is 159 Å². The highest BCUT2D eigenvalue weighted by Gasteiger charge is 2.22. The molecule has 0 aliphatic rings. The van der Waals surface area contributed by atoms with Crippen LogP contribution in [0.15, 0.2) is 46.7 Å². The Hall–Kier alpha value is -2.25. The Bertz CT molecular complexity index is 1110. The third-order valence-corrected chi connectivity index (χ3v) is 5.76. The van der Waals surface area contributed by atoms with Crippen molar-refractivity contribution in [1.82, 2.24) is 24.1 Å². The minimum Gasteiger partial charge on any atom is -0.307 e. The van der Waals surface area contributed by atoms with Crippen molar-refractivity contribution in [2.45, 2.75) is 30.2 Å². The van der Waals surface area contributed by atoms with Gasteiger partial charge in [-0.2, -0.15) is 10.2 Å². The number of halogens is 2. The van der Waals surface area contributed by atoms with Crippen molar-refractivity contribution < 1.29 is 4.39 Å². The summed E-state index contributed by atoms with van der Waals surface area (Å²) in [5, 5.41) is 9.47. The number of hydrogen-bond donors (Lipinski definition) is 0. The van der Waals surface area contributed by atoms with E-state index >= 15 is 0 Å². The summed E-state index contributed by atoms with van der Waals surface area (Å²) in [5.41, 5.74) is 2.22. The van der Waals surface area contributed by atoms with Crippen LogP contribution in [0.1, 0.15) is 12.6 Å². The number of rotatable bonds is 4. The zero-order valence-corrected chi connectivity index (χ0v) is 16.1. The molecule has 3 heterocycles. The number of nitrogens with zero attached hydrogens (tertiary/aromatic N) is 5. The van der Waals surface area contributed by atoms with E-state index in [1.807, 2.05) is 48.6 Å². The number of aryl methyl sites for hydroxylation is 2. The van der Waals surface area contributed by atoms with Gasteiger partial charge in [0, 0.05) is 42.0 Å². The van der Waals surface area contributed by atoms with Crippen LogP contribution >= 0.6 is 23.4 Å². The molecule has 3 aromatic heterocycles. The van der Waals surface area contributed by atoms with Crippen LogP contribution < -0.4 is 0 Å². The smallest absolute Gasteiger partial charge is 0.166 e. The largest absolute Gasteiger partial charge is 0.307 e. The number of benzene rings is 1. The highest BCUT2D eigenvalue weighted by Crippen LogP contribution is 2.41. The molecule has 0 bridgehead atoms. The second-order valence-electron chi connectivity index (χ2n) is 6.01. The molecule has 1 aromatic carbocycles. The molecule has 0 saturated heterocycles. The quantitative estimate of drug-likeness (QED) is 0.501. The van der Waals surface area contributed by atoms with E-state index in [0.717, 1.165) is 33.1 Å². The van der Waals surface area contributed by atoms with Gasteiger partial charge in [0.25, 0.3) is 0 Å². The van der Waals surface area contributed by atoms with E-state index < -0.39 is 5.82 Å². The Morgan fingerprint density at radius 2 is 2.00 bits per heavy atom. The van der Waals surface area contributed by atoms with Gasteiger partial charge in [0.2, 0.25) is 0 Å². The fourth-order valence-corrected chi connectivity index (χ4v) is 4.27. The summed E-state index contributed by atoms with van der Waals surface area (Å²) in [7, 11) is 1.87. The van der Waals surface area contributed by atoms with Gasteiger partial charge in [0.1, 0.15) is 0 Å². The number of aromatic nitrogens is 5. The molecule has 0 aliphatic carbocycles. The first-order chi connectivity index (χ1) is 12.5. The van der Waals surface area contributed by atoms with E-state index in [1.165, 1.54) is 0 Å². The van der Waals surface area contributed by atoms with E-state index in [2.05, 4.69) is 10.2 Å². The van der Waals surface area contributed by atoms with Crippen molar-refractivity contribution in [3.63, 3.8) is 0 Å². The van der Waals surface area contributed by atoms with Gasteiger partial charge in [-0.3, -0.25) is 9.36 Å². The fourth-order valence-electron chi connectivity index (χ4n) is 3.07. The highest BCUT2D eigenvalue weighted by atomic mass is 35.5. The molecule has 5 nitrogen and oxygen atoms in total. The molecule has 4 rings (SSSR count). The van der Waals surface area contributed by atoms with Crippen molar-refractivity contribution in [3.05, 3.63) is 53.5 Å². The highest BCUT2D eigenvalue weighted by molar-refractivity contribution is 7.99. The maximum atomic E-state index is 15.0. The topological polar surface area (TPSA) is 40.6 Å². The lowest BCUT2D eigenvalue weighted by atomic mass is 10.2. The van der Waals surface area contributed by atoms with Crippen LogP contribution in [-0.2, 0) is 13.6 Å². The maximum absolute atomic E-state index is 15.0. The van der Waals surface area contributed by atoms with Crippen LogP contribution in [0.3, 0.4) is 0 Å². The normalized spacial score (nSPS) is 11.6. The van der Waals surface area contributed by atoms with Crippen LogP contribution in [0.4, 0.5) is 4.39 Å². The molecule has 8 heteroatoms. The molecule has 26 heavy (non-hydrogen) atoms. The predicted octanol–water partition coefficient (Wildman–Crippen LogP) is 4.83. The molecule has 0 radical (unpaired) electrons. The minimum absolute atomic E-state index is 0.108. The summed E-state index contributed by atoms with van der Waals surface area (Å²) in [6.45, 7) is 4.74. The van der Waals surface area contributed by atoms with Gasteiger partial charge in [-0.1, -0.05) is 23.4 Å². The molecule has 134 valence electrons. The first-order valence-corrected chi connectivity index (χ1v) is 9.37. The molecular weight excluding hydrogens is 373 g/mol. The molecule has 0 aliphatic heterocycles. The van der Waals surface area contributed by atoms with Gasteiger partial charge < -0.3 is 4.57 Å². The van der Waals surface area contributed by atoms with Crippen LogP contribution in [0.25, 0.3) is 16.6 Å². The number of hydrogen-bond acceptors (Lipinski definition) is 3. The molecule has 0 spiro atoms. The van der Waals surface area contributed by atoms with Crippen molar-refractivity contribution in [2.24, 2.45) is 7.05 Å². The van der Waals surface area contributed by atoms with Crippen LogP contribution in [0.2, 0.25) is 5.02 Å². The van der Waals surface area contributed by atoms with Gasteiger partial charge in [0.15, 0.2) is 5.82 Å². The third kappa shape index (κ3) is 2.71. The van der Waals surface area contributed by atoms with Gasteiger partial charge in [-0.15, -0.1) is 0 Å². The third-order valence-electron chi connectivity index (χ3n) is 4.30. The SMILES string of the molecule is CCn1cc(-n2c(C)c(Sc3cnn(C)c3)c3ccc(Cl)c(F)c32)cn1. The number of fused-ring (bicyclic) bond motifs is 1. The van der Waals surface area contributed by atoms with Crippen molar-refractivity contribution in [1.29, 1.82) is 0 Å². The summed E-state index contributed by atoms with van der Waals surface area (Å²) in [5.74, 6) is -0.422. The Balaban J connectivity index is 1.98. The Morgan fingerprint density at radius 1 is 1.19 bits per heavy atom. The van der Waals surface area contributed by atoms with Gasteiger partial charge in [0.05, 0.1) is 33.5 Å². The first kappa shape index (κ1) is 17.2. The van der Waals surface area contributed by atoms with Gasteiger partial charge >= 0.3 is 0 Å². The minimum atomic E-state index is -0.422. The summed E-state index contributed by atoms with van der Waals surface area (Å²) < 4.78 is 20.4. The zero-order valence-electron chi connectivity index (χ0n) is 14.6. The van der Waals surface area contributed by atoms with E-state index in [9.17, 15) is 4.39 Å². The fraction of sp³-hybridized carbons (Fsp3) is 0.222. The molecule has 0 N–H and O–H groups in total. The second kappa shape index (κ2) is 6.48. The lowest BCUT2D eigenvalue weighted by Crippen LogP contribution is -1.98. The van der Waals surface area contributed by atoms with Gasteiger partial charge in [-0.25, -0.2) is 4.39 Å². The molecular formula is C18H17ClFN5S. The molecule has 4 aromatic rings. The van der Waals surface area contributed by atoms with Crippen molar-refractivity contribution in [3.8, 4) is 5.69 Å². The summed E-state index contributed by atoms with van der Waals surface area (Å²) in [6, 6.07) is 3.47. The van der Waals surface area contributed by atoms with Crippen molar-refractivity contribution >= 4 is 34.3 Å². The second-order valence-corrected chi connectivity index (χ2v) is 7.50. The standard InChI is InChI=1S/C18H17ClFN5S/c1-4-24-9-12(7-22-24)25-11(2)18(26-13-8-21-23(3)10-13)14-5-6-15(19)16(20)17(14)25/h5-10H,4H2,1-3H3. The summed E-state index contributed by atoms with van der Waals surface area (Å²) >= 11 is 7.64. The zero-order chi connectivity index (χ0) is 18.4. The molecule has 0 unspecified atom stereocenters. The van der Waals surface area contributed by atoms with Crippen LogP contribution in [0.5, 0.6) is 0 Å². The van der Waals surface area contributed by atoms with Crippen LogP contribution in [0, 0.1) is 12.7 Å². The lowest BCUT2D eigenvalue weighted by molar-refractivity contribution is 0.634. The molecule has 0 fully saturated rings. The van der Waals surface area contributed by atoms with E-state index in [-0.39, 0.29) is 5.02 Å². The Morgan fingerprint density at radius 3 is 2.65 bits per heavy atom. The monoisotopic (exact) mass is 389 g/mol. The van der Waals surface area contributed by atoms with E-state index in [1.54, 1.807) is 34.9 Å². The van der Waals surface area contributed by atoms with E-state index in [0.29, 0.717) is 5.52 Å². The lowest BCUT2D eigenvalue weighted by Gasteiger charge is -2.06. The van der Waals surface area contributed by atoms with Gasteiger partial charge in [-0.05, 0) is 26.0 Å². The van der Waals surface area contributed by atoms with Crippen molar-refractivity contribution in [2.75, 3.05) is 0 Å².